The maximum atomic E-state index is 13.2. The molecule has 1 fully saturated rings. The molecule has 0 saturated heterocycles. The van der Waals surface area contributed by atoms with Crippen LogP contribution in [0.1, 0.15) is 38.2 Å². The van der Waals surface area contributed by atoms with Crippen molar-refractivity contribution in [2.24, 2.45) is 5.92 Å². The van der Waals surface area contributed by atoms with Gasteiger partial charge in [0.25, 0.3) is 0 Å². The van der Waals surface area contributed by atoms with Crippen LogP contribution in [0.2, 0.25) is 0 Å². The number of nitrogens with zero attached hydrogens (tertiary/aromatic N) is 1. The minimum absolute atomic E-state index is 0.223. The summed E-state index contributed by atoms with van der Waals surface area (Å²) in [5, 5.41) is 0. The van der Waals surface area contributed by atoms with Gasteiger partial charge in [-0.3, -0.25) is 4.79 Å². The zero-order valence-electron chi connectivity index (χ0n) is 14.0. The predicted molar refractivity (Wildman–Crippen MR) is 94.4 cm³/mol. The molecule has 0 bridgehead atoms. The van der Waals surface area contributed by atoms with Crippen LogP contribution in [-0.4, -0.2) is 11.9 Å². The van der Waals surface area contributed by atoms with Crippen molar-refractivity contribution in [2.75, 3.05) is 4.90 Å². The van der Waals surface area contributed by atoms with Crippen molar-refractivity contribution in [3.8, 4) is 11.1 Å². The fourth-order valence-corrected chi connectivity index (χ4v) is 4.04. The summed E-state index contributed by atoms with van der Waals surface area (Å²) in [5.41, 5.74) is 4.19. The van der Waals surface area contributed by atoms with E-state index in [1.54, 1.807) is 12.1 Å². The van der Waals surface area contributed by atoms with Crippen LogP contribution in [0, 0.1) is 11.7 Å². The average Bonchev–Trinajstić information content (AvgIpc) is 2.91. The molecule has 124 valence electrons. The molecule has 1 aliphatic heterocycles. The van der Waals surface area contributed by atoms with Crippen LogP contribution in [-0.2, 0) is 11.2 Å². The van der Waals surface area contributed by atoms with E-state index in [9.17, 15) is 9.18 Å². The number of carbonyl (C=O) groups excluding carboxylic acids is 1. The second-order valence-corrected chi connectivity index (χ2v) is 7.20. The molecule has 1 saturated carbocycles. The van der Waals surface area contributed by atoms with Gasteiger partial charge in [0.15, 0.2) is 0 Å². The Labute approximate surface area is 142 Å². The Morgan fingerprint density at radius 2 is 1.62 bits per heavy atom. The Hall–Kier alpha value is -2.16. The number of carbonyl (C=O) groups is 1. The number of hydrogen-bond acceptors (Lipinski definition) is 1. The monoisotopic (exact) mass is 323 g/mol. The van der Waals surface area contributed by atoms with E-state index in [-0.39, 0.29) is 11.7 Å². The van der Waals surface area contributed by atoms with Gasteiger partial charge < -0.3 is 4.90 Å². The summed E-state index contributed by atoms with van der Waals surface area (Å²) in [6.07, 6.45) is 5.08. The number of benzene rings is 2. The Morgan fingerprint density at radius 1 is 0.958 bits per heavy atom. The molecule has 0 unspecified atom stereocenters. The number of amides is 1. The third-order valence-electron chi connectivity index (χ3n) is 5.48. The number of hydrogen-bond donors (Lipinski definition) is 0. The molecule has 2 nitrogen and oxygen atoms in total. The van der Waals surface area contributed by atoms with Gasteiger partial charge in [0, 0.05) is 11.7 Å². The highest BCUT2D eigenvalue weighted by atomic mass is 19.1. The molecule has 24 heavy (non-hydrogen) atoms. The van der Waals surface area contributed by atoms with E-state index in [0.29, 0.717) is 12.5 Å². The molecule has 1 amide bonds. The highest BCUT2D eigenvalue weighted by Gasteiger charge is 2.34. The van der Waals surface area contributed by atoms with Gasteiger partial charge in [-0.2, -0.15) is 0 Å². The molecular formula is C21H22FNO. The van der Waals surface area contributed by atoms with E-state index in [1.807, 2.05) is 11.0 Å². The molecule has 2 aromatic rings. The molecule has 4 rings (SSSR count). The SMILES string of the molecule is CC1CCC(N2C(=O)Cc3ccc(-c4ccc(F)cc4)cc32)CC1. The van der Waals surface area contributed by atoms with Crippen molar-refractivity contribution in [3.05, 3.63) is 53.8 Å². The van der Waals surface area contributed by atoms with Gasteiger partial charge in [0.2, 0.25) is 5.91 Å². The number of fused-ring (bicyclic) bond motifs is 1. The largest absolute Gasteiger partial charge is 0.309 e. The Morgan fingerprint density at radius 3 is 2.33 bits per heavy atom. The zero-order valence-corrected chi connectivity index (χ0v) is 14.0. The van der Waals surface area contributed by atoms with Crippen LogP contribution < -0.4 is 4.90 Å². The predicted octanol–water partition coefficient (Wildman–Crippen LogP) is 4.96. The summed E-state index contributed by atoms with van der Waals surface area (Å²) in [6, 6.07) is 13.1. The fourth-order valence-electron chi connectivity index (χ4n) is 4.04. The minimum atomic E-state index is -0.229. The summed E-state index contributed by atoms with van der Waals surface area (Å²) >= 11 is 0. The second kappa shape index (κ2) is 6.04. The van der Waals surface area contributed by atoms with Crippen LogP contribution in [0.3, 0.4) is 0 Å². The summed E-state index contributed by atoms with van der Waals surface area (Å²) in [4.78, 5) is 14.6. The van der Waals surface area contributed by atoms with Gasteiger partial charge in [0.1, 0.15) is 5.82 Å². The van der Waals surface area contributed by atoms with Crippen molar-refractivity contribution in [1.82, 2.24) is 0 Å². The van der Waals surface area contributed by atoms with Crippen LogP contribution >= 0.6 is 0 Å². The molecule has 0 spiro atoms. The Kier molecular flexibility index (Phi) is 3.87. The van der Waals surface area contributed by atoms with Gasteiger partial charge >= 0.3 is 0 Å². The minimum Gasteiger partial charge on any atom is -0.309 e. The van der Waals surface area contributed by atoms with Crippen molar-refractivity contribution >= 4 is 11.6 Å². The molecule has 0 radical (unpaired) electrons. The summed E-state index contributed by atoms with van der Waals surface area (Å²) in [5.74, 6) is 0.762. The first-order valence-electron chi connectivity index (χ1n) is 8.83. The van der Waals surface area contributed by atoms with E-state index < -0.39 is 0 Å². The molecule has 2 aromatic carbocycles. The first-order valence-corrected chi connectivity index (χ1v) is 8.83. The van der Waals surface area contributed by atoms with Crippen LogP contribution in [0.5, 0.6) is 0 Å². The van der Waals surface area contributed by atoms with E-state index in [0.717, 1.165) is 41.1 Å². The van der Waals surface area contributed by atoms with Gasteiger partial charge in [-0.25, -0.2) is 4.39 Å². The number of halogens is 1. The van der Waals surface area contributed by atoms with Crippen molar-refractivity contribution in [1.29, 1.82) is 0 Å². The number of anilines is 1. The van der Waals surface area contributed by atoms with Gasteiger partial charge in [-0.1, -0.05) is 31.2 Å². The topological polar surface area (TPSA) is 20.3 Å². The third-order valence-corrected chi connectivity index (χ3v) is 5.48. The lowest BCUT2D eigenvalue weighted by molar-refractivity contribution is -0.118. The summed E-state index contributed by atoms with van der Waals surface area (Å²) in [6.45, 7) is 2.29. The normalized spacial score (nSPS) is 23.4. The van der Waals surface area contributed by atoms with Crippen molar-refractivity contribution < 1.29 is 9.18 Å². The maximum absolute atomic E-state index is 13.2. The molecular weight excluding hydrogens is 301 g/mol. The van der Waals surface area contributed by atoms with Gasteiger partial charge in [-0.05, 0) is 66.5 Å². The highest BCUT2D eigenvalue weighted by molar-refractivity contribution is 6.02. The average molecular weight is 323 g/mol. The molecule has 1 aliphatic carbocycles. The molecule has 1 heterocycles. The van der Waals surface area contributed by atoms with E-state index in [4.69, 9.17) is 0 Å². The molecule has 0 N–H and O–H groups in total. The van der Waals surface area contributed by atoms with Crippen molar-refractivity contribution in [2.45, 2.75) is 45.1 Å². The second-order valence-electron chi connectivity index (χ2n) is 7.20. The third kappa shape index (κ3) is 2.72. The quantitative estimate of drug-likeness (QED) is 0.765. The first kappa shape index (κ1) is 15.4. The van der Waals surface area contributed by atoms with Crippen LogP contribution in [0.15, 0.2) is 42.5 Å². The molecule has 2 aliphatic rings. The number of rotatable bonds is 2. The lowest BCUT2D eigenvalue weighted by Gasteiger charge is -2.34. The van der Waals surface area contributed by atoms with E-state index in [1.165, 1.54) is 25.0 Å². The highest BCUT2D eigenvalue weighted by Crippen LogP contribution is 2.38. The first-order chi connectivity index (χ1) is 11.6. The lowest BCUT2D eigenvalue weighted by Crippen LogP contribution is -2.40. The molecule has 0 atom stereocenters. The Balaban J connectivity index is 1.67. The molecule has 3 heteroatoms. The maximum Gasteiger partial charge on any atom is 0.231 e. The lowest BCUT2D eigenvalue weighted by atomic mass is 9.86. The van der Waals surface area contributed by atoms with Crippen molar-refractivity contribution in [3.63, 3.8) is 0 Å². The van der Waals surface area contributed by atoms with Gasteiger partial charge in [0.05, 0.1) is 6.42 Å². The van der Waals surface area contributed by atoms with E-state index in [2.05, 4.69) is 19.1 Å². The smallest absolute Gasteiger partial charge is 0.231 e. The van der Waals surface area contributed by atoms with Crippen LogP contribution in [0.4, 0.5) is 10.1 Å². The standard InChI is InChI=1S/C21H22FNO/c1-14-2-10-19(11-3-14)23-20-12-16(4-5-17(20)13-21(23)24)15-6-8-18(22)9-7-15/h4-9,12,14,19H,2-3,10-11,13H2,1H3. The fraction of sp³-hybridized carbons (Fsp3) is 0.381. The molecule has 0 aromatic heterocycles. The Bertz CT molecular complexity index is 760. The summed E-state index contributed by atoms with van der Waals surface area (Å²) < 4.78 is 13.2. The van der Waals surface area contributed by atoms with Crippen LogP contribution in [0.25, 0.3) is 11.1 Å². The van der Waals surface area contributed by atoms with Gasteiger partial charge in [-0.15, -0.1) is 0 Å². The zero-order chi connectivity index (χ0) is 16.7. The summed E-state index contributed by atoms with van der Waals surface area (Å²) in [7, 11) is 0. The van der Waals surface area contributed by atoms with E-state index >= 15 is 0 Å².